The number of non-ortho nitro benzene ring substituents is 1. The van der Waals surface area contributed by atoms with Gasteiger partial charge in [-0.3, -0.25) is 19.7 Å². The van der Waals surface area contributed by atoms with Gasteiger partial charge in [-0.25, -0.2) is 4.79 Å². The molecular weight excluding hydrogens is 344 g/mol. The maximum atomic E-state index is 12.4. The number of Topliss-reactive ketones (excluding diaryl/α,β-unsaturated/α-hetero) is 1. The van der Waals surface area contributed by atoms with Gasteiger partial charge in [0.15, 0.2) is 11.8 Å². The number of carbonyl (C=O) groups is 3. The topological polar surface area (TPSA) is 127 Å². The molecule has 1 aromatic rings. The lowest BCUT2D eigenvalue weighted by atomic mass is 9.79. The molecule has 26 heavy (non-hydrogen) atoms. The number of aliphatic hydroxyl groups is 1. The Kier molecular flexibility index (Phi) is 4.49. The average molecular weight is 362 g/mol. The summed E-state index contributed by atoms with van der Waals surface area (Å²) in [6, 6.07) is 3.68. The first-order chi connectivity index (χ1) is 12.2. The number of aliphatic hydroxyl groups excluding tert-OH is 1. The van der Waals surface area contributed by atoms with Gasteiger partial charge >= 0.3 is 5.97 Å². The van der Waals surface area contributed by atoms with Crippen LogP contribution in [-0.2, 0) is 25.7 Å². The highest BCUT2D eigenvalue weighted by Crippen LogP contribution is 2.43. The summed E-state index contributed by atoms with van der Waals surface area (Å²) in [7, 11) is 0. The van der Waals surface area contributed by atoms with E-state index in [0.717, 1.165) is 0 Å². The van der Waals surface area contributed by atoms with Gasteiger partial charge in [-0.1, -0.05) is 6.92 Å². The van der Waals surface area contributed by atoms with E-state index in [2.05, 4.69) is 0 Å². The third-order valence-electron chi connectivity index (χ3n) is 5.01. The van der Waals surface area contributed by atoms with Crippen LogP contribution in [0.2, 0.25) is 0 Å². The quantitative estimate of drug-likeness (QED) is 0.265. The number of rotatable bonds is 5. The molecule has 0 saturated carbocycles. The van der Waals surface area contributed by atoms with Gasteiger partial charge in [0.25, 0.3) is 5.69 Å². The number of esters is 1. The van der Waals surface area contributed by atoms with E-state index in [-0.39, 0.29) is 12.3 Å². The number of nitro groups is 1. The number of hydrogen-bond donors (Lipinski definition) is 1. The first-order valence-electron chi connectivity index (χ1n) is 8.18. The number of β-lactam (4-membered cyclic amide) rings is 1. The molecule has 2 aliphatic heterocycles. The van der Waals surface area contributed by atoms with E-state index in [4.69, 9.17) is 4.74 Å². The Hall–Kier alpha value is -2.81. The highest BCUT2D eigenvalue weighted by atomic mass is 16.6. The van der Waals surface area contributed by atoms with E-state index in [9.17, 15) is 29.6 Å². The Morgan fingerprint density at radius 1 is 1.35 bits per heavy atom. The molecular formula is C17H18N2O7. The molecule has 2 heterocycles. The van der Waals surface area contributed by atoms with Crippen molar-refractivity contribution in [2.45, 2.75) is 38.6 Å². The second-order valence-corrected chi connectivity index (χ2v) is 6.63. The average Bonchev–Trinajstić information content (AvgIpc) is 2.81. The van der Waals surface area contributed by atoms with Crippen LogP contribution >= 0.6 is 0 Å². The summed E-state index contributed by atoms with van der Waals surface area (Å²) in [5.41, 5.74) is 0.439. The minimum absolute atomic E-state index is 0.0851. The summed E-state index contributed by atoms with van der Waals surface area (Å²) < 4.78 is 5.14. The number of nitrogens with zero attached hydrogens (tertiary/aromatic N) is 2. The Morgan fingerprint density at radius 3 is 2.50 bits per heavy atom. The van der Waals surface area contributed by atoms with E-state index >= 15 is 0 Å². The highest BCUT2D eigenvalue weighted by Gasteiger charge is 2.64. The number of hydrogen-bond acceptors (Lipinski definition) is 7. The van der Waals surface area contributed by atoms with Crippen LogP contribution in [-0.4, -0.2) is 50.8 Å². The van der Waals surface area contributed by atoms with Gasteiger partial charge in [-0.15, -0.1) is 0 Å². The maximum absolute atomic E-state index is 12.4. The standard InChI is InChI=1S/C17H18N2O7/c1-8-13-12(9(2)20)16(22)18(13)14(15(8)21)17(23)26-7-10-3-5-11(6-4-10)19(24)25/h3-6,8-9,12-14,20H,7H2,1-2H3/t8-,9-,12-,13?,14-/m1/s1. The van der Waals surface area contributed by atoms with E-state index in [1.807, 2.05) is 0 Å². The fourth-order valence-electron chi connectivity index (χ4n) is 3.63. The van der Waals surface area contributed by atoms with Crippen molar-refractivity contribution in [1.29, 1.82) is 0 Å². The van der Waals surface area contributed by atoms with Gasteiger partial charge in [0.05, 0.1) is 23.0 Å². The molecule has 1 amide bonds. The molecule has 0 aliphatic carbocycles. The Balaban J connectivity index is 1.67. The second-order valence-electron chi connectivity index (χ2n) is 6.63. The number of benzene rings is 1. The smallest absolute Gasteiger partial charge is 0.337 e. The highest BCUT2D eigenvalue weighted by molar-refractivity contribution is 6.12. The minimum atomic E-state index is -1.30. The van der Waals surface area contributed by atoms with Crippen molar-refractivity contribution in [3.05, 3.63) is 39.9 Å². The Bertz CT molecular complexity index is 774. The predicted octanol–water partition coefficient (Wildman–Crippen LogP) is 0.433. The molecule has 0 bridgehead atoms. The normalized spacial score (nSPS) is 28.3. The maximum Gasteiger partial charge on any atom is 0.337 e. The first kappa shape index (κ1) is 18.0. The fourth-order valence-corrected chi connectivity index (χ4v) is 3.63. The summed E-state index contributed by atoms with van der Waals surface area (Å²) in [5.74, 6) is -2.90. The summed E-state index contributed by atoms with van der Waals surface area (Å²) in [5, 5.41) is 20.3. The molecule has 2 fully saturated rings. The largest absolute Gasteiger partial charge is 0.459 e. The molecule has 5 atom stereocenters. The molecule has 9 heteroatoms. The lowest BCUT2D eigenvalue weighted by Crippen LogP contribution is -2.65. The van der Waals surface area contributed by atoms with Crippen LogP contribution in [0.25, 0.3) is 0 Å². The summed E-state index contributed by atoms with van der Waals surface area (Å²) >= 11 is 0. The van der Waals surface area contributed by atoms with Crippen molar-refractivity contribution in [3.8, 4) is 0 Å². The van der Waals surface area contributed by atoms with Crippen molar-refractivity contribution in [2.75, 3.05) is 0 Å². The van der Waals surface area contributed by atoms with Crippen LogP contribution in [0.4, 0.5) is 5.69 Å². The van der Waals surface area contributed by atoms with Gasteiger partial charge in [-0.05, 0) is 24.6 Å². The third kappa shape index (κ3) is 2.74. The molecule has 0 radical (unpaired) electrons. The molecule has 1 aromatic carbocycles. The fraction of sp³-hybridized carbons (Fsp3) is 0.471. The van der Waals surface area contributed by atoms with E-state index < -0.39 is 52.6 Å². The first-order valence-corrected chi connectivity index (χ1v) is 8.18. The molecule has 0 aromatic heterocycles. The lowest BCUT2D eigenvalue weighted by molar-refractivity contribution is -0.384. The third-order valence-corrected chi connectivity index (χ3v) is 5.01. The lowest BCUT2D eigenvalue weighted by Gasteiger charge is -2.46. The van der Waals surface area contributed by atoms with Crippen molar-refractivity contribution >= 4 is 23.3 Å². The number of nitro benzene ring substituents is 1. The van der Waals surface area contributed by atoms with Crippen LogP contribution in [0.15, 0.2) is 24.3 Å². The number of ether oxygens (including phenoxy) is 1. The van der Waals surface area contributed by atoms with Crippen LogP contribution in [0.5, 0.6) is 0 Å². The molecule has 9 nitrogen and oxygen atoms in total. The molecule has 1 N–H and O–H groups in total. The number of ketones is 1. The van der Waals surface area contributed by atoms with Gasteiger partial charge in [0.1, 0.15) is 6.61 Å². The summed E-state index contributed by atoms with van der Waals surface area (Å²) in [6.07, 6.45) is -0.895. The van der Waals surface area contributed by atoms with Gasteiger partial charge < -0.3 is 14.7 Å². The van der Waals surface area contributed by atoms with Crippen molar-refractivity contribution < 1.29 is 29.2 Å². The Labute approximate surface area is 148 Å². The molecule has 2 saturated heterocycles. The van der Waals surface area contributed by atoms with Gasteiger partial charge in [0.2, 0.25) is 5.91 Å². The number of amides is 1. The van der Waals surface area contributed by atoms with Crippen molar-refractivity contribution in [3.63, 3.8) is 0 Å². The predicted molar refractivity (Wildman–Crippen MR) is 86.7 cm³/mol. The van der Waals surface area contributed by atoms with Crippen molar-refractivity contribution in [1.82, 2.24) is 4.90 Å². The van der Waals surface area contributed by atoms with E-state index in [0.29, 0.717) is 5.56 Å². The Morgan fingerprint density at radius 2 is 1.96 bits per heavy atom. The van der Waals surface area contributed by atoms with Gasteiger partial charge in [-0.2, -0.15) is 0 Å². The number of carbonyl (C=O) groups excluding carboxylic acids is 3. The monoisotopic (exact) mass is 362 g/mol. The minimum Gasteiger partial charge on any atom is -0.459 e. The summed E-state index contributed by atoms with van der Waals surface area (Å²) in [6.45, 7) is 2.95. The zero-order valence-electron chi connectivity index (χ0n) is 14.2. The molecule has 3 rings (SSSR count). The van der Waals surface area contributed by atoms with Crippen LogP contribution in [0, 0.1) is 22.0 Å². The molecule has 138 valence electrons. The second kappa shape index (κ2) is 6.49. The summed E-state index contributed by atoms with van der Waals surface area (Å²) in [4.78, 5) is 48.2. The van der Waals surface area contributed by atoms with Crippen molar-refractivity contribution in [2.24, 2.45) is 11.8 Å². The SMILES string of the molecule is C[C@H]1C(=O)[C@H](C(=O)OCc2ccc([N+](=O)[O-])cc2)N2C(=O)[C@H]([C@@H](C)O)C12. The van der Waals surface area contributed by atoms with Gasteiger partial charge in [0, 0.05) is 18.1 Å². The molecule has 2 aliphatic rings. The number of fused-ring (bicyclic) bond motifs is 1. The van der Waals surface area contributed by atoms with Crippen LogP contribution in [0.1, 0.15) is 19.4 Å². The van der Waals surface area contributed by atoms with E-state index in [1.54, 1.807) is 6.92 Å². The molecule has 0 spiro atoms. The zero-order chi connectivity index (χ0) is 19.2. The van der Waals surface area contributed by atoms with Crippen LogP contribution < -0.4 is 0 Å². The zero-order valence-corrected chi connectivity index (χ0v) is 14.2. The van der Waals surface area contributed by atoms with Crippen LogP contribution in [0.3, 0.4) is 0 Å². The molecule has 1 unspecified atom stereocenters. The van der Waals surface area contributed by atoms with E-state index in [1.165, 1.54) is 36.1 Å².